The number of aromatic nitrogens is 2. The molecule has 0 saturated carbocycles. The molecule has 0 aromatic carbocycles. The molecule has 1 N–H and O–H groups in total. The van der Waals surface area contributed by atoms with E-state index >= 15 is 0 Å². The molecule has 4 rings (SSSR count). The molecule has 4 aromatic heterocycles. The fourth-order valence-electron chi connectivity index (χ4n) is 2.09. The van der Waals surface area contributed by atoms with E-state index in [0.717, 1.165) is 20.1 Å². The van der Waals surface area contributed by atoms with Crippen molar-refractivity contribution in [1.29, 1.82) is 0 Å². The van der Waals surface area contributed by atoms with Gasteiger partial charge in [-0.05, 0) is 22.9 Å². The summed E-state index contributed by atoms with van der Waals surface area (Å²) in [6.45, 7) is 0. The number of fused-ring (bicyclic) bond motifs is 1. The van der Waals surface area contributed by atoms with Crippen LogP contribution in [0.15, 0.2) is 45.2 Å². The topological polar surface area (TPSA) is 45.8 Å². The van der Waals surface area contributed by atoms with Crippen molar-refractivity contribution in [3.05, 3.63) is 50.8 Å². The highest BCUT2D eigenvalue weighted by molar-refractivity contribution is 7.18. The minimum absolute atomic E-state index is 0.0666. The van der Waals surface area contributed by atoms with Gasteiger partial charge < -0.3 is 4.98 Å². The van der Waals surface area contributed by atoms with E-state index in [1.54, 1.807) is 22.7 Å². The van der Waals surface area contributed by atoms with Gasteiger partial charge in [0.25, 0.3) is 5.56 Å². The van der Waals surface area contributed by atoms with Crippen LogP contribution in [0.4, 0.5) is 0 Å². The average molecular weight is 316 g/mol. The molecular formula is C14H8N2OS3. The second kappa shape index (κ2) is 4.66. The Bertz CT molecular complexity index is 917. The third-order valence-corrected chi connectivity index (χ3v) is 5.64. The molecule has 0 fully saturated rings. The first-order valence-electron chi connectivity index (χ1n) is 5.92. The van der Waals surface area contributed by atoms with E-state index < -0.39 is 0 Å². The zero-order chi connectivity index (χ0) is 13.5. The minimum atomic E-state index is -0.0666. The maximum atomic E-state index is 12.4. The average Bonchev–Trinajstić information content (AvgIpc) is 3.19. The number of thiophene rings is 3. The largest absolute Gasteiger partial charge is 0.305 e. The summed E-state index contributed by atoms with van der Waals surface area (Å²) < 4.78 is 0. The number of hydrogen-bond donors (Lipinski definition) is 1. The minimum Gasteiger partial charge on any atom is -0.305 e. The van der Waals surface area contributed by atoms with E-state index in [1.807, 2.05) is 40.4 Å². The van der Waals surface area contributed by atoms with Crippen molar-refractivity contribution in [3.63, 3.8) is 0 Å². The number of rotatable bonds is 2. The van der Waals surface area contributed by atoms with Crippen LogP contribution < -0.4 is 5.56 Å². The highest BCUT2D eigenvalue weighted by Crippen LogP contribution is 2.34. The van der Waals surface area contributed by atoms with Crippen LogP contribution in [0.5, 0.6) is 0 Å². The number of hydrogen-bond acceptors (Lipinski definition) is 5. The van der Waals surface area contributed by atoms with Gasteiger partial charge in [-0.2, -0.15) is 0 Å². The smallest absolute Gasteiger partial charge is 0.260 e. The van der Waals surface area contributed by atoms with Gasteiger partial charge in [-0.15, -0.1) is 34.0 Å². The van der Waals surface area contributed by atoms with Gasteiger partial charge in [-0.25, -0.2) is 4.98 Å². The molecule has 0 unspecified atom stereocenters. The Morgan fingerprint density at radius 2 is 1.75 bits per heavy atom. The number of H-pyrrole nitrogens is 1. The van der Waals surface area contributed by atoms with Crippen LogP contribution >= 0.6 is 34.0 Å². The van der Waals surface area contributed by atoms with E-state index in [0.29, 0.717) is 11.2 Å². The van der Waals surface area contributed by atoms with E-state index in [9.17, 15) is 4.79 Å². The molecule has 0 saturated heterocycles. The highest BCUT2D eigenvalue weighted by Gasteiger charge is 2.14. The Morgan fingerprint density at radius 3 is 2.45 bits per heavy atom. The fourth-order valence-corrected chi connectivity index (χ4v) is 4.52. The van der Waals surface area contributed by atoms with Crippen LogP contribution in [0, 0.1) is 0 Å². The molecule has 0 aliphatic heterocycles. The van der Waals surface area contributed by atoms with Crippen molar-refractivity contribution in [2.45, 2.75) is 0 Å². The summed E-state index contributed by atoms with van der Waals surface area (Å²) in [5, 5.41) is 6.69. The molecule has 0 spiro atoms. The molecule has 6 heteroatoms. The summed E-state index contributed by atoms with van der Waals surface area (Å²) >= 11 is 4.72. The lowest BCUT2D eigenvalue weighted by Crippen LogP contribution is -2.08. The van der Waals surface area contributed by atoms with E-state index in [-0.39, 0.29) is 5.56 Å². The van der Waals surface area contributed by atoms with Gasteiger partial charge >= 0.3 is 0 Å². The van der Waals surface area contributed by atoms with Crippen LogP contribution in [0.25, 0.3) is 31.4 Å². The van der Waals surface area contributed by atoms with Crippen LogP contribution in [0.1, 0.15) is 0 Å². The van der Waals surface area contributed by atoms with Crippen LogP contribution in [-0.4, -0.2) is 9.97 Å². The standard InChI is InChI=1S/C14H8N2OS3/c17-13-11-8(9-3-1-5-18-9)7-20-14(11)16-12(15-13)10-4-2-6-19-10/h1-7H,(H,15,16,17). The first kappa shape index (κ1) is 12.0. The van der Waals surface area contributed by atoms with Crippen molar-refractivity contribution < 1.29 is 0 Å². The first-order chi connectivity index (χ1) is 9.83. The number of aromatic amines is 1. The zero-order valence-corrected chi connectivity index (χ0v) is 12.6. The van der Waals surface area contributed by atoms with Gasteiger partial charge in [0, 0.05) is 15.8 Å². The van der Waals surface area contributed by atoms with Crippen LogP contribution in [0.3, 0.4) is 0 Å². The first-order valence-corrected chi connectivity index (χ1v) is 8.56. The predicted octanol–water partition coefficient (Wildman–Crippen LogP) is 4.44. The molecule has 0 aliphatic carbocycles. The van der Waals surface area contributed by atoms with Gasteiger partial charge in [0.05, 0.1) is 10.3 Å². The maximum Gasteiger partial charge on any atom is 0.260 e. The Labute approximate surface area is 126 Å². The monoisotopic (exact) mass is 316 g/mol. The molecular weight excluding hydrogens is 308 g/mol. The van der Waals surface area contributed by atoms with Crippen molar-refractivity contribution >= 4 is 44.2 Å². The quantitative estimate of drug-likeness (QED) is 0.594. The van der Waals surface area contributed by atoms with E-state index in [4.69, 9.17) is 0 Å². The van der Waals surface area contributed by atoms with E-state index in [1.165, 1.54) is 11.3 Å². The number of nitrogens with zero attached hydrogens (tertiary/aromatic N) is 1. The molecule has 3 nitrogen and oxygen atoms in total. The summed E-state index contributed by atoms with van der Waals surface area (Å²) in [7, 11) is 0. The maximum absolute atomic E-state index is 12.4. The lowest BCUT2D eigenvalue weighted by Gasteiger charge is -1.98. The summed E-state index contributed by atoms with van der Waals surface area (Å²) in [6.07, 6.45) is 0. The second-order valence-electron chi connectivity index (χ2n) is 4.20. The van der Waals surface area contributed by atoms with E-state index in [2.05, 4.69) is 9.97 Å². The predicted molar refractivity (Wildman–Crippen MR) is 86.9 cm³/mol. The van der Waals surface area contributed by atoms with Crippen molar-refractivity contribution in [2.75, 3.05) is 0 Å². The molecule has 0 radical (unpaired) electrons. The van der Waals surface area contributed by atoms with Crippen LogP contribution in [-0.2, 0) is 0 Å². The Balaban J connectivity index is 1.98. The van der Waals surface area contributed by atoms with Crippen molar-refractivity contribution in [1.82, 2.24) is 9.97 Å². The summed E-state index contributed by atoms with van der Waals surface area (Å²) in [5.74, 6) is 0.650. The Kier molecular flexibility index (Phi) is 2.80. The lowest BCUT2D eigenvalue weighted by molar-refractivity contribution is 1.20. The molecule has 0 bridgehead atoms. The summed E-state index contributed by atoms with van der Waals surface area (Å²) in [5.41, 5.74) is 0.912. The molecule has 0 aliphatic rings. The zero-order valence-electron chi connectivity index (χ0n) is 10.1. The van der Waals surface area contributed by atoms with Crippen LogP contribution in [0.2, 0.25) is 0 Å². The SMILES string of the molecule is O=c1[nH]c(-c2cccs2)nc2scc(-c3cccs3)c12. The van der Waals surface area contributed by atoms with Gasteiger partial charge in [-0.1, -0.05) is 12.1 Å². The molecule has 20 heavy (non-hydrogen) atoms. The molecule has 4 aromatic rings. The van der Waals surface area contributed by atoms with Gasteiger partial charge in [0.2, 0.25) is 0 Å². The molecule has 4 heterocycles. The Morgan fingerprint density at radius 1 is 1.00 bits per heavy atom. The van der Waals surface area contributed by atoms with Gasteiger partial charge in [-0.3, -0.25) is 4.79 Å². The number of nitrogens with one attached hydrogen (secondary N) is 1. The normalized spacial score (nSPS) is 11.2. The van der Waals surface area contributed by atoms with Gasteiger partial charge in [0.15, 0.2) is 5.82 Å². The van der Waals surface area contributed by atoms with Gasteiger partial charge in [0.1, 0.15) is 4.83 Å². The Hall–Kier alpha value is -1.76. The highest BCUT2D eigenvalue weighted by atomic mass is 32.1. The van der Waals surface area contributed by atoms with Crippen molar-refractivity contribution in [3.8, 4) is 21.1 Å². The van der Waals surface area contributed by atoms with Crippen molar-refractivity contribution in [2.24, 2.45) is 0 Å². The second-order valence-corrected chi connectivity index (χ2v) is 6.95. The summed E-state index contributed by atoms with van der Waals surface area (Å²) in [6, 6.07) is 7.93. The third-order valence-electron chi connectivity index (χ3n) is 2.99. The fraction of sp³-hybridized carbons (Fsp3) is 0. The summed E-state index contributed by atoms with van der Waals surface area (Å²) in [4.78, 5) is 22.8. The molecule has 98 valence electrons. The molecule has 0 atom stereocenters. The lowest BCUT2D eigenvalue weighted by atomic mass is 10.2. The third kappa shape index (κ3) is 1.84. The molecule has 0 amide bonds.